The van der Waals surface area contributed by atoms with E-state index in [-0.39, 0.29) is 116 Å². The smallest absolute Gasteiger partial charge is 0.387 e. The summed E-state index contributed by atoms with van der Waals surface area (Å²) in [5, 5.41) is 31.4. The van der Waals surface area contributed by atoms with Crippen LogP contribution in [0.15, 0.2) is 210 Å². The Morgan fingerprint density at radius 2 is 1.01 bits per heavy atom. The Labute approximate surface area is 803 Å². The number of aryl methyl sites for hydroxylation is 2. The molecule has 0 spiro atoms. The van der Waals surface area contributed by atoms with Crippen molar-refractivity contribution in [3.63, 3.8) is 0 Å². The summed E-state index contributed by atoms with van der Waals surface area (Å²) in [6.07, 6.45) is 4.61. The number of aromatic nitrogens is 5. The molecule has 0 radical (unpaired) electrons. The number of para-hydroxylation sites is 2. The fraction of sp³-hybridized carbons (Fsp3) is 0.298. The van der Waals surface area contributed by atoms with Crippen LogP contribution in [0.2, 0.25) is 0 Å². The van der Waals surface area contributed by atoms with Crippen LogP contribution in [0.1, 0.15) is 111 Å². The lowest BCUT2D eigenvalue weighted by atomic mass is 10.1. The number of carboxylic acid groups (broad SMARTS) is 1. The average molecular weight is 1950 g/mol. The number of nitrogens with zero attached hydrogens (tertiary/aromatic N) is 15. The molecule has 0 bridgehead atoms. The molecule has 0 aliphatic rings. The van der Waals surface area contributed by atoms with Gasteiger partial charge in [0.05, 0.1) is 85.9 Å². The fourth-order valence-electron chi connectivity index (χ4n) is 8.35. The zero-order chi connectivity index (χ0) is 104. The van der Waals surface area contributed by atoms with E-state index in [1.807, 2.05) is 80.6 Å². The summed E-state index contributed by atoms with van der Waals surface area (Å²) in [4.78, 5) is 160. The number of Topliss-reactive ketones (excluding diaryl/α,β-unsaturated/α-hetero) is 4. The molecule has 0 unspecified atom stereocenters. The molecule has 10 aromatic rings. The number of non-ortho nitro benzene ring substituents is 1. The average Bonchev–Trinajstić information content (AvgIpc) is 1.84. The van der Waals surface area contributed by atoms with Crippen LogP contribution in [-0.2, 0) is 122 Å². The number of hydrogen-bond acceptors (Lipinski definition) is 30. The fourth-order valence-corrected chi connectivity index (χ4v) is 12.1. The van der Waals surface area contributed by atoms with Crippen LogP contribution in [0.4, 0.5) is 5.69 Å². The molecule has 4 heterocycles. The number of sulfone groups is 2. The highest BCUT2D eigenvalue weighted by Gasteiger charge is 2.18. The Bertz CT molecular complexity index is 5860. The van der Waals surface area contributed by atoms with Gasteiger partial charge in [0.15, 0.2) is 20.6 Å². The summed E-state index contributed by atoms with van der Waals surface area (Å²) in [5.41, 5.74) is 5.35. The maximum atomic E-state index is 11.5. The second-order valence-corrected chi connectivity index (χ2v) is 31.4. The van der Waals surface area contributed by atoms with Crippen molar-refractivity contribution < 1.29 is 108 Å². The molecule has 43 heteroatoms. The lowest BCUT2D eigenvalue weighted by molar-refractivity contribution is -0.384. The summed E-state index contributed by atoms with van der Waals surface area (Å²) < 4.78 is 76.4. The second-order valence-electron chi connectivity index (χ2n) is 25.0. The number of carbonyl (C=O) groups excluding carboxylic acids is 10. The number of thiazole rings is 2. The van der Waals surface area contributed by atoms with E-state index in [1.165, 1.54) is 69.0 Å². The number of ether oxygens (including phenoxy) is 6. The first kappa shape index (κ1) is 126. The normalized spacial score (nSPS) is 9.06. The lowest BCUT2D eigenvalue weighted by Gasteiger charge is -2.02. The molecule has 0 fully saturated rings. The van der Waals surface area contributed by atoms with Gasteiger partial charge in [0.1, 0.15) is 55.0 Å². The highest BCUT2D eigenvalue weighted by Crippen LogP contribution is 2.23. The lowest BCUT2D eigenvalue weighted by Crippen LogP contribution is -2.13. The number of nitriles is 1. The third kappa shape index (κ3) is 70.6. The van der Waals surface area contributed by atoms with E-state index in [4.69, 9.17) is 62.9 Å². The molecule has 39 nitrogen and oxygen atoms in total. The van der Waals surface area contributed by atoms with Gasteiger partial charge in [-0.15, -0.1) is 22.7 Å². The maximum Gasteiger partial charge on any atom is 0.387 e. The van der Waals surface area contributed by atoms with Gasteiger partial charge in [-0.25, -0.2) is 93.7 Å². The number of ketones is 4. The van der Waals surface area contributed by atoms with Gasteiger partial charge < -0.3 is 62.6 Å². The van der Waals surface area contributed by atoms with E-state index in [0.29, 0.717) is 38.5 Å². The van der Waals surface area contributed by atoms with Crippen LogP contribution in [0.25, 0.3) is 59.2 Å². The molecule has 6 aromatic carbocycles. The Morgan fingerprint density at radius 3 is 1.41 bits per heavy atom. The first-order chi connectivity index (χ1) is 65.3. The van der Waals surface area contributed by atoms with E-state index >= 15 is 0 Å². The van der Waals surface area contributed by atoms with Gasteiger partial charge in [0.25, 0.3) is 41.6 Å². The molecule has 10 rings (SSSR count). The summed E-state index contributed by atoms with van der Waals surface area (Å²) in [5.74, 6) is -4.68. The predicted octanol–water partition coefficient (Wildman–Crippen LogP) is 15.8. The van der Waals surface area contributed by atoms with Gasteiger partial charge >= 0.3 is 61.5 Å². The number of carbonyl (C=O) groups is 11. The number of nitro benzene ring substituents is 1. The molecular weight excluding hydrogens is 1850 g/mol. The third-order valence-corrected chi connectivity index (χ3v) is 19.1. The van der Waals surface area contributed by atoms with Crippen LogP contribution >= 0.6 is 22.7 Å². The minimum atomic E-state index is -3.38. The topological polar surface area (TPSA) is 490 Å². The van der Waals surface area contributed by atoms with E-state index in [1.54, 1.807) is 153 Å². The minimum absolute atomic E-state index is 0.0139. The minimum Gasteiger partial charge on any atom is -0.476 e. The molecule has 0 aliphatic heterocycles. The van der Waals surface area contributed by atoms with Crippen molar-refractivity contribution in [2.24, 2.45) is 0 Å². The van der Waals surface area contributed by atoms with E-state index < -0.39 is 72.8 Å². The molecule has 0 atom stereocenters. The Kier molecular flexibility index (Phi) is 74.9. The largest absolute Gasteiger partial charge is 0.476 e. The summed E-state index contributed by atoms with van der Waals surface area (Å²) in [6.45, 7) is 68.0. The standard InChI is InChI=1S/C10H10O3.C9H6N2S.C9H9NO2S.C9H10O4S.C8H6N2O2.C8H7NS.C7H6N2.C7H12O4.C6H10O3.C5H5N3.C5H7NO2.C5H8O2.C3H2N2.C3H3NO2/c1-13-10(12)7-9(11)8-5-3-2-4-6-8;1-10-6-9-11-7-4-2-3-5-8(7)12-9;1-8-3-5-9(6-4-8)13(11,12)7-10-2;10-8-13-6-7-14(11,12)9-4-2-1-3-5-9;1-9-6-7-2-4-8(5-3-7)10(11)12;1-6-9-7-4-2-3-5-8(7)10-6;1-8-6-7-4-2-3-5-9-7;1-3-10-6(8)5-7(9)11-4-2;1-3-9-6(8)4-5(2)7;1-6-5-8-4-2-3-7-8;1-3-8-5(7)4-6-2;1-4(6)3-5(2)7;1-5-3-2-4;1-4-2-3(5)6/h2-6H,7H2,1H3;2-5H,6H2;3-6H,7H2,1H3;1-5,8H,6-7H2;2-5H,6H2;2-5H,1H3;2-5H,6H2;3-5H2,1-2H3;3-4H2,1-2H3;2-4H,5H2;3-4H2,1H3;3H2,1-2H3;3H2;2H2,(H,5,6). The Morgan fingerprint density at radius 1 is 0.518 bits per heavy atom. The number of methoxy groups -OCH3 is 1. The zero-order valence-electron chi connectivity index (χ0n) is 76.5. The number of esters is 5. The van der Waals surface area contributed by atoms with Crippen molar-refractivity contribution in [3.8, 4) is 6.07 Å². The number of aliphatic carboxylic acids is 1. The molecule has 0 saturated carbocycles. The van der Waals surface area contributed by atoms with Crippen LogP contribution in [0.5, 0.6) is 0 Å². The quantitative estimate of drug-likeness (QED) is 0.00477. The summed E-state index contributed by atoms with van der Waals surface area (Å²) in [7, 11) is -5.43. The summed E-state index contributed by atoms with van der Waals surface area (Å²) >= 11 is 3.34. The van der Waals surface area contributed by atoms with Gasteiger partial charge in [-0.05, 0) is 141 Å². The van der Waals surface area contributed by atoms with Gasteiger partial charge in [-0.1, -0.05) is 96.6 Å². The molecule has 0 amide bonds. The van der Waals surface area contributed by atoms with Crippen LogP contribution in [0, 0.1) is 87.9 Å². The number of hydrogen-bond donors (Lipinski definition) is 1. The third-order valence-electron chi connectivity index (χ3n) is 14.0. The van der Waals surface area contributed by atoms with Crippen molar-refractivity contribution in [2.75, 3.05) is 71.4 Å². The van der Waals surface area contributed by atoms with Crippen LogP contribution in [-0.4, -0.2) is 188 Å². The maximum absolute atomic E-state index is 11.5. The predicted molar refractivity (Wildman–Crippen MR) is 509 cm³/mol. The van der Waals surface area contributed by atoms with Gasteiger partial charge in [0.2, 0.25) is 6.54 Å². The summed E-state index contributed by atoms with van der Waals surface area (Å²) in [6, 6.07) is 54.4. The van der Waals surface area contributed by atoms with Crippen molar-refractivity contribution in [1.82, 2.24) is 24.7 Å². The number of pyridine rings is 1. The Balaban J connectivity index is -0.000000700. The van der Waals surface area contributed by atoms with Crippen molar-refractivity contribution in [2.45, 2.75) is 124 Å². The number of nitro groups is 1. The highest BCUT2D eigenvalue weighted by molar-refractivity contribution is 7.91. The number of benzene rings is 6. The van der Waals surface area contributed by atoms with Gasteiger partial charge in [-0.3, -0.25) is 67.9 Å². The van der Waals surface area contributed by atoms with Gasteiger partial charge in [0, 0.05) is 41.9 Å². The molecule has 0 saturated heterocycles. The SMILES string of the molecule is CC(=O)CC(C)=O.CCOC(=O)CC(=O)OCC.CCOC(=O)CC(C)=O.COC(=O)CC(=O)c1ccccc1.Cc1nc2ccccc2s1.O=COCCS(=O)(=O)c1ccccc1.[C-]#[N+]CC#N.[C-]#[N+]CC(=O)O.[C-]#[N+]CC(=O)OCC.[C-]#[N+]CS(=O)(=O)c1ccc(C)cc1.[C-]#[N+]Cc1ccc([N+](=O)[O-])cc1.[C-]#[N+]Cc1ccccn1.[C-]#[N+]Cc1nc2ccccc2s1.[C-]#[N+]Cn1cccn1. The molecule has 720 valence electrons. The van der Waals surface area contributed by atoms with E-state index in [2.05, 4.69) is 93.3 Å². The molecule has 137 heavy (non-hydrogen) atoms. The first-order valence-corrected chi connectivity index (χ1v) is 44.7. The number of fused-ring (bicyclic) bond motifs is 2. The molecule has 1 N–H and O–H groups in total. The molecule has 4 aromatic heterocycles. The van der Waals surface area contributed by atoms with Crippen molar-refractivity contribution in [1.29, 1.82) is 5.26 Å². The van der Waals surface area contributed by atoms with Crippen LogP contribution in [0.3, 0.4) is 0 Å². The molecule has 0 aliphatic carbocycles. The first-order valence-electron chi connectivity index (χ1n) is 39.7. The zero-order valence-corrected chi connectivity index (χ0v) is 79.8. The van der Waals surface area contributed by atoms with Gasteiger partial charge in [-0.2, -0.15) is 10.4 Å². The van der Waals surface area contributed by atoms with Crippen molar-refractivity contribution in [3.05, 3.63) is 334 Å². The monoisotopic (exact) mass is 1950 g/mol. The van der Waals surface area contributed by atoms with Crippen molar-refractivity contribution >= 4 is 134 Å². The van der Waals surface area contributed by atoms with E-state index in [0.717, 1.165) is 42.6 Å². The molecular formula is C94H101N15O24S4. The highest BCUT2D eigenvalue weighted by atomic mass is 32.2. The second kappa shape index (κ2) is 81.2. The van der Waals surface area contributed by atoms with E-state index in [9.17, 15) is 79.7 Å². The Hall–Kier alpha value is -16.9. The number of rotatable bonds is 27. The number of carboxylic acids is 1. The van der Waals surface area contributed by atoms with Crippen LogP contribution < -0.4 is 0 Å².